The summed E-state index contributed by atoms with van der Waals surface area (Å²) in [7, 11) is -3.22. The predicted octanol–water partition coefficient (Wildman–Crippen LogP) is 5.56. The standard InChI is InChI=1S/C22H24Si2/c1-23(2)19-13-15-9-6-8-12-18(15)22(19)24(3,4)20-14-16-10-5-7-11-17(16)21(20)23/h5-13,18H,14H2,1-4H3. The maximum Gasteiger partial charge on any atom is 0.111 e. The van der Waals surface area contributed by atoms with E-state index in [1.165, 1.54) is 12.0 Å². The fourth-order valence-electron chi connectivity index (χ4n) is 5.52. The number of fused-ring (bicyclic) bond motifs is 4. The fraction of sp³-hybridized carbons (Fsp3) is 0.273. The van der Waals surface area contributed by atoms with E-state index in [9.17, 15) is 0 Å². The Kier molecular flexibility index (Phi) is 2.75. The van der Waals surface area contributed by atoms with Gasteiger partial charge in [-0.2, -0.15) is 0 Å². The van der Waals surface area contributed by atoms with E-state index in [1.807, 2.05) is 10.4 Å². The molecule has 0 nitrogen and oxygen atoms in total. The highest BCUT2D eigenvalue weighted by atomic mass is 28.3. The molecule has 1 aliphatic heterocycles. The summed E-state index contributed by atoms with van der Waals surface area (Å²) in [5, 5.41) is 7.22. The highest BCUT2D eigenvalue weighted by molar-refractivity contribution is 7.09. The summed E-state index contributed by atoms with van der Waals surface area (Å²) in [6, 6.07) is 9.19. The second kappa shape index (κ2) is 4.50. The lowest BCUT2D eigenvalue weighted by Gasteiger charge is -2.42. The molecule has 5 rings (SSSR count). The summed E-state index contributed by atoms with van der Waals surface area (Å²) in [6.07, 6.45) is 13.0. The molecule has 1 unspecified atom stereocenters. The van der Waals surface area contributed by atoms with Crippen LogP contribution in [0.5, 0.6) is 0 Å². The van der Waals surface area contributed by atoms with Crippen LogP contribution in [-0.2, 0) is 6.42 Å². The number of hydrogen-bond acceptors (Lipinski definition) is 0. The van der Waals surface area contributed by atoms with Crippen LogP contribution in [0.25, 0.3) is 5.20 Å². The van der Waals surface area contributed by atoms with E-state index in [1.54, 1.807) is 21.5 Å². The van der Waals surface area contributed by atoms with Gasteiger partial charge >= 0.3 is 0 Å². The average molecular weight is 345 g/mol. The fourth-order valence-corrected chi connectivity index (χ4v) is 16.2. The monoisotopic (exact) mass is 344 g/mol. The van der Waals surface area contributed by atoms with Gasteiger partial charge in [-0.25, -0.2) is 0 Å². The Morgan fingerprint density at radius 2 is 1.75 bits per heavy atom. The minimum Gasteiger partial charge on any atom is -0.0733 e. The van der Waals surface area contributed by atoms with Crippen LogP contribution >= 0.6 is 0 Å². The maximum absolute atomic E-state index is 2.61. The van der Waals surface area contributed by atoms with Crippen molar-refractivity contribution in [1.29, 1.82) is 0 Å². The summed E-state index contributed by atoms with van der Waals surface area (Å²) in [5.74, 6) is 0.566. The third kappa shape index (κ3) is 1.63. The van der Waals surface area contributed by atoms with Crippen LogP contribution < -0.4 is 0 Å². The molecule has 0 saturated heterocycles. The minimum absolute atomic E-state index is 0.566. The van der Waals surface area contributed by atoms with Gasteiger partial charge in [-0.05, 0) is 23.1 Å². The van der Waals surface area contributed by atoms with Crippen molar-refractivity contribution in [1.82, 2.24) is 0 Å². The van der Waals surface area contributed by atoms with Gasteiger partial charge in [0.1, 0.15) is 16.1 Å². The molecule has 1 heterocycles. The van der Waals surface area contributed by atoms with Gasteiger partial charge in [-0.15, -0.1) is 0 Å². The van der Waals surface area contributed by atoms with Crippen molar-refractivity contribution in [3.8, 4) is 0 Å². The van der Waals surface area contributed by atoms with Crippen LogP contribution in [0, 0.1) is 5.92 Å². The number of rotatable bonds is 0. The summed E-state index contributed by atoms with van der Waals surface area (Å²) in [4.78, 5) is 0. The van der Waals surface area contributed by atoms with E-state index in [0.717, 1.165) is 0 Å². The van der Waals surface area contributed by atoms with Gasteiger partial charge in [0.25, 0.3) is 0 Å². The Morgan fingerprint density at radius 1 is 0.958 bits per heavy atom. The first-order chi connectivity index (χ1) is 11.4. The molecule has 1 aromatic carbocycles. The van der Waals surface area contributed by atoms with E-state index >= 15 is 0 Å². The SMILES string of the molecule is C[Si]1(C)C2=C(C3C=CC=CC3=C2)[Si](C)(C)C2=C1c1ccccc1C2. The molecular formula is C22H24Si2. The number of allylic oxidation sites excluding steroid dienone is 9. The zero-order chi connectivity index (χ0) is 16.7. The highest BCUT2D eigenvalue weighted by Gasteiger charge is 2.52. The summed E-state index contributed by atoms with van der Waals surface area (Å²) in [6.45, 7) is 10.4. The van der Waals surface area contributed by atoms with Crippen molar-refractivity contribution in [3.05, 3.63) is 86.9 Å². The van der Waals surface area contributed by atoms with Crippen molar-refractivity contribution in [2.45, 2.75) is 32.6 Å². The van der Waals surface area contributed by atoms with Gasteiger partial charge < -0.3 is 0 Å². The summed E-state index contributed by atoms with van der Waals surface area (Å²) >= 11 is 0. The Morgan fingerprint density at radius 3 is 2.58 bits per heavy atom. The van der Waals surface area contributed by atoms with E-state index in [0.29, 0.717) is 5.92 Å². The molecule has 0 bridgehead atoms. The summed E-state index contributed by atoms with van der Waals surface area (Å²) < 4.78 is 0. The molecule has 24 heavy (non-hydrogen) atoms. The van der Waals surface area contributed by atoms with Crippen molar-refractivity contribution < 1.29 is 0 Å². The van der Waals surface area contributed by atoms with Gasteiger partial charge in [0.2, 0.25) is 0 Å². The zero-order valence-corrected chi connectivity index (χ0v) is 17.0. The van der Waals surface area contributed by atoms with Gasteiger partial charge in [0.05, 0.1) is 0 Å². The van der Waals surface area contributed by atoms with E-state index in [-0.39, 0.29) is 0 Å². The lowest BCUT2D eigenvalue weighted by atomic mass is 9.98. The molecule has 0 spiro atoms. The van der Waals surface area contributed by atoms with Crippen molar-refractivity contribution >= 4 is 21.3 Å². The largest absolute Gasteiger partial charge is 0.111 e. The normalized spacial score (nSPS) is 27.7. The molecule has 1 aromatic rings. The van der Waals surface area contributed by atoms with Gasteiger partial charge in [0.15, 0.2) is 0 Å². The minimum atomic E-state index is -1.63. The van der Waals surface area contributed by atoms with Crippen LogP contribution in [0.1, 0.15) is 11.1 Å². The quantitative estimate of drug-likeness (QED) is 0.540. The van der Waals surface area contributed by atoms with Gasteiger partial charge in [-0.1, -0.05) is 102 Å². The van der Waals surface area contributed by atoms with Crippen LogP contribution in [-0.4, -0.2) is 16.1 Å². The Labute approximate surface area is 147 Å². The smallest absolute Gasteiger partial charge is 0.0733 e. The molecule has 0 saturated carbocycles. The van der Waals surface area contributed by atoms with Crippen LogP contribution in [0.2, 0.25) is 26.2 Å². The lowest BCUT2D eigenvalue weighted by Crippen LogP contribution is -2.46. The molecule has 4 aliphatic rings. The molecule has 3 aliphatic carbocycles. The van der Waals surface area contributed by atoms with Crippen LogP contribution in [0.3, 0.4) is 0 Å². The maximum atomic E-state index is 2.61. The van der Waals surface area contributed by atoms with E-state index in [2.05, 4.69) is 80.8 Å². The molecule has 0 N–H and O–H groups in total. The van der Waals surface area contributed by atoms with E-state index < -0.39 is 16.1 Å². The molecule has 0 aromatic heterocycles. The first-order valence-corrected chi connectivity index (χ1v) is 15.1. The first-order valence-electron chi connectivity index (χ1n) is 9.06. The average Bonchev–Trinajstić information content (AvgIpc) is 3.14. The molecule has 2 heteroatoms. The topological polar surface area (TPSA) is 0 Å². The van der Waals surface area contributed by atoms with Gasteiger partial charge in [0, 0.05) is 5.92 Å². The van der Waals surface area contributed by atoms with Crippen molar-refractivity contribution in [2.24, 2.45) is 5.92 Å². The van der Waals surface area contributed by atoms with Gasteiger partial charge in [-0.3, -0.25) is 0 Å². The second-order valence-corrected chi connectivity index (χ2v) is 17.3. The molecule has 120 valence electrons. The third-order valence-electron chi connectivity index (χ3n) is 6.66. The second-order valence-electron chi connectivity index (χ2n) is 8.63. The Bertz CT molecular complexity index is 932. The Balaban J connectivity index is 1.78. The lowest BCUT2D eigenvalue weighted by molar-refractivity contribution is 0.978. The van der Waals surface area contributed by atoms with Crippen molar-refractivity contribution in [3.63, 3.8) is 0 Å². The zero-order valence-electron chi connectivity index (χ0n) is 15.0. The summed E-state index contributed by atoms with van der Waals surface area (Å²) in [5.41, 5.74) is 4.70. The molecule has 0 fully saturated rings. The third-order valence-corrected chi connectivity index (χ3v) is 14.6. The molecule has 0 radical (unpaired) electrons. The first kappa shape index (κ1) is 14.7. The van der Waals surface area contributed by atoms with Crippen molar-refractivity contribution in [2.75, 3.05) is 0 Å². The highest BCUT2D eigenvalue weighted by Crippen LogP contribution is 2.56. The number of hydrogen-bond donors (Lipinski definition) is 0. The molecule has 0 amide bonds. The van der Waals surface area contributed by atoms with E-state index in [4.69, 9.17) is 0 Å². The van der Waals surface area contributed by atoms with Crippen LogP contribution in [0.15, 0.2) is 75.8 Å². The molecular weight excluding hydrogens is 320 g/mol. The predicted molar refractivity (Wildman–Crippen MR) is 109 cm³/mol. The number of benzene rings is 1. The molecule has 1 atom stereocenters. The Hall–Kier alpha value is -1.65. The van der Waals surface area contributed by atoms with Crippen LogP contribution in [0.4, 0.5) is 0 Å².